The zero-order chi connectivity index (χ0) is 18.5. The molecular formula is C21H25N3O3. The predicted octanol–water partition coefficient (Wildman–Crippen LogP) is 2.99. The van der Waals surface area contributed by atoms with E-state index in [4.69, 9.17) is 9.47 Å². The van der Waals surface area contributed by atoms with Crippen LogP contribution in [0.2, 0.25) is 0 Å². The molecule has 2 heterocycles. The van der Waals surface area contributed by atoms with Gasteiger partial charge >= 0.3 is 6.03 Å². The van der Waals surface area contributed by atoms with Gasteiger partial charge in [-0.2, -0.15) is 0 Å². The molecular weight excluding hydrogens is 342 g/mol. The van der Waals surface area contributed by atoms with Gasteiger partial charge in [-0.1, -0.05) is 30.3 Å². The fourth-order valence-corrected chi connectivity index (χ4v) is 3.41. The van der Waals surface area contributed by atoms with Gasteiger partial charge in [0.15, 0.2) is 0 Å². The highest BCUT2D eigenvalue weighted by atomic mass is 16.5. The maximum Gasteiger partial charge on any atom is 0.315 e. The zero-order valence-electron chi connectivity index (χ0n) is 15.3. The van der Waals surface area contributed by atoms with Crippen LogP contribution in [0.15, 0.2) is 48.7 Å². The average Bonchev–Trinajstić information content (AvgIpc) is 3.47. The first-order valence-electron chi connectivity index (χ1n) is 9.56. The normalized spacial score (nSPS) is 22.1. The number of benzene rings is 1. The summed E-state index contributed by atoms with van der Waals surface area (Å²) in [6.07, 6.45) is 4.64. The molecule has 2 fully saturated rings. The molecule has 1 aromatic heterocycles. The quantitative estimate of drug-likeness (QED) is 0.823. The van der Waals surface area contributed by atoms with E-state index in [-0.39, 0.29) is 18.2 Å². The van der Waals surface area contributed by atoms with E-state index < -0.39 is 0 Å². The number of carbonyl (C=O) groups excluding carboxylic acids is 1. The van der Waals surface area contributed by atoms with Gasteiger partial charge in [-0.3, -0.25) is 0 Å². The highest BCUT2D eigenvalue weighted by Gasteiger charge is 2.39. The van der Waals surface area contributed by atoms with E-state index in [2.05, 4.69) is 27.8 Å². The smallest absolute Gasteiger partial charge is 0.315 e. The van der Waals surface area contributed by atoms with Crippen LogP contribution in [0, 0.1) is 0 Å². The van der Waals surface area contributed by atoms with Crippen LogP contribution in [0.5, 0.6) is 5.88 Å². The summed E-state index contributed by atoms with van der Waals surface area (Å²) in [6, 6.07) is 14.2. The van der Waals surface area contributed by atoms with Crippen molar-refractivity contribution in [3.05, 3.63) is 59.8 Å². The number of pyridine rings is 1. The van der Waals surface area contributed by atoms with Crippen LogP contribution in [0.25, 0.3) is 0 Å². The SMILES string of the molecule is O=C(NCc1ccnc(OC2CCOCC2)c1)N[C@@H]1C[C@H]1c1ccccc1. The van der Waals surface area contributed by atoms with E-state index in [9.17, 15) is 4.79 Å². The summed E-state index contributed by atoms with van der Waals surface area (Å²) in [7, 11) is 0. The molecule has 4 rings (SSSR count). The molecule has 1 saturated carbocycles. The fraction of sp³-hybridized carbons (Fsp3) is 0.429. The molecule has 2 atom stereocenters. The molecule has 1 aromatic carbocycles. The Labute approximate surface area is 159 Å². The molecule has 0 spiro atoms. The Morgan fingerprint density at radius 3 is 2.81 bits per heavy atom. The second-order valence-corrected chi connectivity index (χ2v) is 7.12. The van der Waals surface area contributed by atoms with Gasteiger partial charge in [0.2, 0.25) is 5.88 Å². The number of amides is 2. The summed E-state index contributed by atoms with van der Waals surface area (Å²) >= 11 is 0. The molecule has 0 unspecified atom stereocenters. The third-order valence-electron chi connectivity index (χ3n) is 5.04. The Morgan fingerprint density at radius 1 is 1.19 bits per heavy atom. The topological polar surface area (TPSA) is 72.5 Å². The molecule has 2 aromatic rings. The van der Waals surface area contributed by atoms with E-state index in [0.717, 1.165) is 38.0 Å². The first-order valence-corrected chi connectivity index (χ1v) is 9.56. The minimum absolute atomic E-state index is 0.137. The van der Waals surface area contributed by atoms with Crippen molar-refractivity contribution in [1.29, 1.82) is 0 Å². The van der Waals surface area contributed by atoms with E-state index >= 15 is 0 Å². The number of nitrogens with one attached hydrogen (secondary N) is 2. The van der Waals surface area contributed by atoms with Gasteiger partial charge in [0.05, 0.1) is 13.2 Å². The highest BCUT2D eigenvalue weighted by molar-refractivity contribution is 5.74. The van der Waals surface area contributed by atoms with Crippen molar-refractivity contribution in [2.75, 3.05) is 13.2 Å². The van der Waals surface area contributed by atoms with Crippen LogP contribution in [-0.2, 0) is 11.3 Å². The molecule has 142 valence electrons. The first-order chi connectivity index (χ1) is 13.3. The number of hydrogen-bond donors (Lipinski definition) is 2. The standard InChI is InChI=1S/C21H25N3O3/c25-21(24-19-13-18(19)16-4-2-1-3-5-16)23-14-15-6-9-22-20(12-15)27-17-7-10-26-11-8-17/h1-6,9,12,17-19H,7-8,10-11,13-14H2,(H2,23,24,25)/t18-,19+/m0/s1. The molecule has 27 heavy (non-hydrogen) atoms. The summed E-state index contributed by atoms with van der Waals surface area (Å²) in [6.45, 7) is 1.91. The van der Waals surface area contributed by atoms with Crippen LogP contribution in [0.1, 0.15) is 36.3 Å². The number of aromatic nitrogens is 1. The molecule has 2 aliphatic rings. The molecule has 6 nitrogen and oxygen atoms in total. The lowest BCUT2D eigenvalue weighted by Gasteiger charge is -2.22. The summed E-state index contributed by atoms with van der Waals surface area (Å²) in [5.41, 5.74) is 2.25. The lowest BCUT2D eigenvalue weighted by molar-refractivity contribution is 0.0237. The van der Waals surface area contributed by atoms with Crippen molar-refractivity contribution >= 4 is 6.03 Å². The van der Waals surface area contributed by atoms with Crippen LogP contribution >= 0.6 is 0 Å². The third-order valence-corrected chi connectivity index (χ3v) is 5.04. The van der Waals surface area contributed by atoms with Crippen molar-refractivity contribution in [2.45, 2.75) is 43.9 Å². The van der Waals surface area contributed by atoms with Gasteiger partial charge in [0.1, 0.15) is 6.10 Å². The second-order valence-electron chi connectivity index (χ2n) is 7.12. The molecule has 2 amide bonds. The predicted molar refractivity (Wildman–Crippen MR) is 102 cm³/mol. The lowest BCUT2D eigenvalue weighted by Crippen LogP contribution is -2.36. The van der Waals surface area contributed by atoms with Crippen molar-refractivity contribution in [3.8, 4) is 5.88 Å². The van der Waals surface area contributed by atoms with Crippen molar-refractivity contribution in [1.82, 2.24) is 15.6 Å². The Morgan fingerprint density at radius 2 is 2.00 bits per heavy atom. The Bertz CT molecular complexity index is 762. The highest BCUT2D eigenvalue weighted by Crippen LogP contribution is 2.40. The minimum Gasteiger partial charge on any atom is -0.474 e. The number of nitrogens with zero attached hydrogens (tertiary/aromatic N) is 1. The Balaban J connectivity index is 1.23. The Hall–Kier alpha value is -2.60. The molecule has 1 aliphatic carbocycles. The zero-order valence-corrected chi connectivity index (χ0v) is 15.3. The first kappa shape index (κ1) is 17.8. The molecule has 2 N–H and O–H groups in total. The molecule has 6 heteroatoms. The number of rotatable bonds is 6. The number of ether oxygens (including phenoxy) is 2. The minimum atomic E-state index is -0.137. The van der Waals surface area contributed by atoms with Gasteiger partial charge in [-0.15, -0.1) is 0 Å². The maximum absolute atomic E-state index is 12.2. The van der Waals surface area contributed by atoms with Crippen molar-refractivity contribution < 1.29 is 14.3 Å². The van der Waals surface area contributed by atoms with Gasteiger partial charge in [-0.25, -0.2) is 9.78 Å². The third kappa shape index (κ3) is 4.98. The number of hydrogen-bond acceptors (Lipinski definition) is 4. The summed E-state index contributed by atoms with van der Waals surface area (Å²) in [5.74, 6) is 1.03. The fourth-order valence-electron chi connectivity index (χ4n) is 3.41. The lowest BCUT2D eigenvalue weighted by atomic mass is 10.1. The van der Waals surface area contributed by atoms with E-state index in [1.165, 1.54) is 5.56 Å². The van der Waals surface area contributed by atoms with Crippen molar-refractivity contribution in [3.63, 3.8) is 0 Å². The number of urea groups is 1. The maximum atomic E-state index is 12.2. The van der Waals surface area contributed by atoms with Crippen LogP contribution in [0.4, 0.5) is 4.79 Å². The van der Waals surface area contributed by atoms with E-state index in [1.54, 1.807) is 6.20 Å². The Kier molecular flexibility index (Phi) is 5.53. The summed E-state index contributed by atoms with van der Waals surface area (Å²) in [5, 5.41) is 5.96. The summed E-state index contributed by atoms with van der Waals surface area (Å²) in [4.78, 5) is 16.4. The van der Waals surface area contributed by atoms with E-state index in [1.807, 2.05) is 30.3 Å². The van der Waals surface area contributed by atoms with Crippen LogP contribution in [0.3, 0.4) is 0 Å². The van der Waals surface area contributed by atoms with E-state index in [0.29, 0.717) is 18.3 Å². The largest absolute Gasteiger partial charge is 0.474 e. The van der Waals surface area contributed by atoms with Gasteiger partial charge in [0, 0.05) is 43.6 Å². The van der Waals surface area contributed by atoms with Crippen LogP contribution < -0.4 is 15.4 Å². The molecule has 1 aliphatic heterocycles. The van der Waals surface area contributed by atoms with Gasteiger partial charge in [-0.05, 0) is 23.6 Å². The molecule has 0 bridgehead atoms. The van der Waals surface area contributed by atoms with Crippen LogP contribution in [-0.4, -0.2) is 36.4 Å². The molecule has 1 saturated heterocycles. The monoisotopic (exact) mass is 367 g/mol. The van der Waals surface area contributed by atoms with Gasteiger partial charge in [0.25, 0.3) is 0 Å². The van der Waals surface area contributed by atoms with Gasteiger partial charge < -0.3 is 20.1 Å². The second kappa shape index (κ2) is 8.39. The average molecular weight is 367 g/mol. The number of carbonyl (C=O) groups is 1. The van der Waals surface area contributed by atoms with Crippen molar-refractivity contribution in [2.24, 2.45) is 0 Å². The summed E-state index contributed by atoms with van der Waals surface area (Å²) < 4.78 is 11.3. The molecule has 0 radical (unpaired) electrons.